The van der Waals surface area contributed by atoms with E-state index in [1.165, 1.54) is 0 Å². The van der Waals surface area contributed by atoms with Gasteiger partial charge in [0.05, 0.1) is 23.0 Å². The SMILES string of the molecule is CCC(O)c1cccc(Nc2c(-c3ccncc3)[nH]c3c2C(=O)CC(C)(C)C3)c1. The van der Waals surface area contributed by atoms with E-state index in [-0.39, 0.29) is 11.2 Å². The fraction of sp³-hybridized carbons (Fsp3) is 0.333. The van der Waals surface area contributed by atoms with Crippen LogP contribution in [-0.4, -0.2) is 20.9 Å². The molecule has 3 aromatic rings. The summed E-state index contributed by atoms with van der Waals surface area (Å²) in [6.07, 6.45) is 5.00. The minimum absolute atomic E-state index is 0.0626. The fourth-order valence-electron chi connectivity index (χ4n) is 4.12. The summed E-state index contributed by atoms with van der Waals surface area (Å²) in [7, 11) is 0. The van der Waals surface area contributed by atoms with Gasteiger partial charge in [-0.05, 0) is 48.1 Å². The Morgan fingerprint density at radius 2 is 1.97 bits per heavy atom. The molecule has 0 saturated heterocycles. The number of H-pyrrole nitrogens is 1. The third-order valence-corrected chi connectivity index (χ3v) is 5.55. The summed E-state index contributed by atoms with van der Waals surface area (Å²) in [5.41, 5.74) is 6.05. The summed E-state index contributed by atoms with van der Waals surface area (Å²) in [4.78, 5) is 20.7. The first-order valence-corrected chi connectivity index (χ1v) is 10.1. The number of aliphatic hydroxyl groups excluding tert-OH is 1. The molecule has 150 valence electrons. The number of rotatable bonds is 5. The van der Waals surface area contributed by atoms with Crippen molar-refractivity contribution in [3.05, 3.63) is 65.6 Å². The molecule has 2 heterocycles. The monoisotopic (exact) mass is 389 g/mol. The maximum atomic E-state index is 13.1. The zero-order valence-electron chi connectivity index (χ0n) is 17.1. The van der Waals surface area contributed by atoms with E-state index in [0.717, 1.165) is 45.9 Å². The van der Waals surface area contributed by atoms with Crippen LogP contribution in [0.3, 0.4) is 0 Å². The maximum absolute atomic E-state index is 13.1. The lowest BCUT2D eigenvalue weighted by atomic mass is 9.76. The van der Waals surface area contributed by atoms with E-state index in [9.17, 15) is 9.90 Å². The number of carbonyl (C=O) groups excluding carboxylic acids is 1. The van der Waals surface area contributed by atoms with Crippen LogP contribution in [0.2, 0.25) is 0 Å². The zero-order valence-corrected chi connectivity index (χ0v) is 17.1. The molecule has 2 aromatic heterocycles. The summed E-state index contributed by atoms with van der Waals surface area (Å²) in [5.74, 6) is 0.153. The summed E-state index contributed by atoms with van der Waals surface area (Å²) in [6, 6.07) is 11.6. The number of hydrogen-bond donors (Lipinski definition) is 3. The highest BCUT2D eigenvalue weighted by Crippen LogP contribution is 2.43. The first kappa shape index (κ1) is 19.4. The average Bonchev–Trinajstić information content (AvgIpc) is 3.05. The molecule has 0 amide bonds. The number of hydrogen-bond acceptors (Lipinski definition) is 4. The predicted molar refractivity (Wildman–Crippen MR) is 115 cm³/mol. The number of Topliss-reactive ketones (excluding diaryl/α,β-unsaturated/α-hetero) is 1. The molecule has 4 rings (SSSR count). The van der Waals surface area contributed by atoms with Crippen LogP contribution in [0.5, 0.6) is 0 Å². The molecule has 0 bridgehead atoms. The quantitative estimate of drug-likeness (QED) is 0.544. The number of nitrogens with one attached hydrogen (secondary N) is 2. The molecule has 1 atom stereocenters. The van der Waals surface area contributed by atoms with Crippen molar-refractivity contribution in [1.82, 2.24) is 9.97 Å². The third kappa shape index (κ3) is 3.83. The highest BCUT2D eigenvalue weighted by molar-refractivity contribution is 6.07. The Labute approximate surface area is 171 Å². The molecule has 1 aliphatic rings. The standard InChI is InChI=1S/C24H27N3O2/c1-4-19(28)16-6-5-7-17(12-16)26-23-21-18(13-24(2,3)14-20(21)29)27-22(23)15-8-10-25-11-9-15/h5-12,19,26-28H,4,13-14H2,1-3H3. The van der Waals surface area contributed by atoms with Crippen molar-refractivity contribution in [3.8, 4) is 11.3 Å². The molecular weight excluding hydrogens is 362 g/mol. The Kier molecular flexibility index (Phi) is 5.01. The topological polar surface area (TPSA) is 78.0 Å². The summed E-state index contributed by atoms with van der Waals surface area (Å²) < 4.78 is 0. The largest absolute Gasteiger partial charge is 0.388 e. The Hall–Kier alpha value is -2.92. The van der Waals surface area contributed by atoms with Gasteiger partial charge in [-0.3, -0.25) is 9.78 Å². The van der Waals surface area contributed by atoms with Crippen molar-refractivity contribution in [2.45, 2.75) is 46.1 Å². The summed E-state index contributed by atoms with van der Waals surface area (Å²) in [6.45, 7) is 6.21. The van der Waals surface area contributed by atoms with Crippen molar-refractivity contribution in [2.75, 3.05) is 5.32 Å². The second kappa shape index (κ2) is 7.48. The molecule has 0 radical (unpaired) electrons. The molecule has 0 spiro atoms. The lowest BCUT2D eigenvalue weighted by molar-refractivity contribution is 0.0912. The Bertz CT molecular complexity index is 1040. The van der Waals surface area contributed by atoms with Crippen LogP contribution < -0.4 is 5.32 Å². The molecule has 0 aliphatic heterocycles. The average molecular weight is 389 g/mol. The van der Waals surface area contributed by atoms with Crippen LogP contribution in [0, 0.1) is 5.41 Å². The number of nitrogens with zero attached hydrogens (tertiary/aromatic N) is 1. The normalized spacial score (nSPS) is 16.3. The van der Waals surface area contributed by atoms with Crippen LogP contribution in [0.1, 0.15) is 61.3 Å². The van der Waals surface area contributed by atoms with Crippen molar-refractivity contribution in [2.24, 2.45) is 5.41 Å². The molecule has 0 fully saturated rings. The van der Waals surface area contributed by atoms with Gasteiger partial charge in [0.2, 0.25) is 0 Å². The number of pyridine rings is 1. The lowest BCUT2D eigenvalue weighted by Gasteiger charge is -2.28. The van der Waals surface area contributed by atoms with E-state index < -0.39 is 6.10 Å². The predicted octanol–water partition coefficient (Wildman–Crippen LogP) is 5.42. The number of aromatic nitrogens is 2. The smallest absolute Gasteiger partial charge is 0.167 e. The number of benzene rings is 1. The molecule has 5 nitrogen and oxygen atoms in total. The first-order valence-electron chi connectivity index (χ1n) is 10.1. The van der Waals surface area contributed by atoms with E-state index in [1.54, 1.807) is 12.4 Å². The van der Waals surface area contributed by atoms with Gasteiger partial charge in [0.15, 0.2) is 5.78 Å². The zero-order chi connectivity index (χ0) is 20.6. The van der Waals surface area contributed by atoms with Crippen LogP contribution in [0.15, 0.2) is 48.8 Å². The van der Waals surface area contributed by atoms with Gasteiger partial charge in [-0.15, -0.1) is 0 Å². The van der Waals surface area contributed by atoms with E-state index >= 15 is 0 Å². The molecule has 5 heteroatoms. The van der Waals surface area contributed by atoms with Gasteiger partial charge in [0, 0.05) is 35.8 Å². The molecule has 1 aromatic carbocycles. The number of aromatic amines is 1. The molecule has 0 saturated carbocycles. The van der Waals surface area contributed by atoms with Crippen molar-refractivity contribution >= 4 is 17.2 Å². The molecule has 1 aliphatic carbocycles. The summed E-state index contributed by atoms with van der Waals surface area (Å²) in [5, 5.41) is 13.7. The lowest BCUT2D eigenvalue weighted by Crippen LogP contribution is -2.26. The van der Waals surface area contributed by atoms with Crippen LogP contribution in [0.4, 0.5) is 11.4 Å². The number of ketones is 1. The summed E-state index contributed by atoms with van der Waals surface area (Å²) >= 11 is 0. The van der Waals surface area contributed by atoms with Crippen molar-refractivity contribution in [1.29, 1.82) is 0 Å². The van der Waals surface area contributed by atoms with E-state index in [2.05, 4.69) is 29.1 Å². The van der Waals surface area contributed by atoms with Gasteiger partial charge in [-0.2, -0.15) is 0 Å². The number of carbonyl (C=O) groups is 1. The highest BCUT2D eigenvalue weighted by atomic mass is 16.3. The number of fused-ring (bicyclic) bond motifs is 1. The second-order valence-corrected chi connectivity index (χ2v) is 8.58. The minimum atomic E-state index is -0.501. The molecule has 3 N–H and O–H groups in total. The highest BCUT2D eigenvalue weighted by Gasteiger charge is 2.35. The third-order valence-electron chi connectivity index (χ3n) is 5.55. The van der Waals surface area contributed by atoms with Crippen LogP contribution in [0.25, 0.3) is 11.3 Å². The van der Waals surface area contributed by atoms with Crippen molar-refractivity contribution in [3.63, 3.8) is 0 Å². The Morgan fingerprint density at radius 1 is 1.21 bits per heavy atom. The van der Waals surface area contributed by atoms with Gasteiger partial charge in [-0.1, -0.05) is 32.9 Å². The Balaban J connectivity index is 1.82. The minimum Gasteiger partial charge on any atom is -0.388 e. The van der Waals surface area contributed by atoms with Crippen LogP contribution in [-0.2, 0) is 6.42 Å². The van der Waals surface area contributed by atoms with E-state index in [0.29, 0.717) is 12.8 Å². The Morgan fingerprint density at radius 3 is 2.69 bits per heavy atom. The van der Waals surface area contributed by atoms with Gasteiger partial charge in [0.1, 0.15) is 0 Å². The van der Waals surface area contributed by atoms with Gasteiger partial charge in [0.25, 0.3) is 0 Å². The number of anilines is 2. The van der Waals surface area contributed by atoms with Gasteiger partial charge >= 0.3 is 0 Å². The van der Waals surface area contributed by atoms with Gasteiger partial charge in [-0.25, -0.2) is 0 Å². The molecule has 29 heavy (non-hydrogen) atoms. The maximum Gasteiger partial charge on any atom is 0.167 e. The molecule has 1 unspecified atom stereocenters. The van der Waals surface area contributed by atoms with E-state index in [4.69, 9.17) is 0 Å². The molecular formula is C24H27N3O2. The van der Waals surface area contributed by atoms with Gasteiger partial charge < -0.3 is 15.4 Å². The van der Waals surface area contributed by atoms with Crippen LogP contribution >= 0.6 is 0 Å². The van der Waals surface area contributed by atoms with Crippen molar-refractivity contribution < 1.29 is 9.90 Å². The first-order chi connectivity index (χ1) is 13.9. The second-order valence-electron chi connectivity index (χ2n) is 8.58. The number of aliphatic hydroxyl groups is 1. The fourth-order valence-corrected chi connectivity index (χ4v) is 4.12. The van der Waals surface area contributed by atoms with E-state index in [1.807, 2.05) is 43.3 Å².